The van der Waals surface area contributed by atoms with Gasteiger partial charge in [0.05, 0.1) is 0 Å². The molecule has 3 nitrogen and oxygen atoms in total. The fourth-order valence-electron chi connectivity index (χ4n) is 5.52. The molecule has 0 bridgehead atoms. The van der Waals surface area contributed by atoms with Crippen molar-refractivity contribution in [2.75, 3.05) is 0 Å². The van der Waals surface area contributed by atoms with E-state index in [9.17, 15) is 13.2 Å². The van der Waals surface area contributed by atoms with Crippen LogP contribution in [0.4, 0.5) is 0 Å². The van der Waals surface area contributed by atoms with Gasteiger partial charge in [-0.1, -0.05) is 42.1 Å². The van der Waals surface area contributed by atoms with Crippen LogP contribution in [-0.4, -0.2) is 5.78 Å². The number of hydrogen-bond acceptors (Lipinski definition) is 4. The molecular weight excluding hydrogens is 397 g/mol. The van der Waals surface area contributed by atoms with Crippen LogP contribution in [-0.2, 0) is 68.8 Å². The Labute approximate surface area is 170 Å². The Kier molecular flexibility index (Phi) is 5.40. The molecule has 2 saturated carbocycles. The molecule has 0 amide bonds. The van der Waals surface area contributed by atoms with E-state index in [1.807, 2.05) is 6.07 Å². The van der Waals surface area contributed by atoms with Gasteiger partial charge in [-0.3, -0.25) is 4.79 Å². The topological polar surface area (TPSA) is 51.2 Å². The van der Waals surface area contributed by atoms with Gasteiger partial charge in [-0.25, -0.2) is 0 Å². The molecule has 1 aromatic rings. The predicted octanol–water partition coefficient (Wildman–Crippen LogP) is 3.72. The number of fused-ring (bicyclic) bond motifs is 5. The van der Waals surface area contributed by atoms with E-state index in [4.69, 9.17) is 0 Å². The minimum atomic E-state index is -2.06. The van der Waals surface area contributed by atoms with E-state index >= 15 is 0 Å². The van der Waals surface area contributed by atoms with Crippen LogP contribution in [0.2, 0.25) is 0 Å². The number of ketones is 1. The first-order valence-corrected chi connectivity index (χ1v) is 9.86. The van der Waals surface area contributed by atoms with Crippen molar-refractivity contribution in [3.05, 3.63) is 34.9 Å². The average Bonchev–Trinajstić information content (AvgIpc) is 2.82. The third-order valence-electron chi connectivity index (χ3n) is 6.67. The summed E-state index contributed by atoms with van der Waals surface area (Å²) in [7, 11) is -2.06. The summed E-state index contributed by atoms with van der Waals surface area (Å²) in [6.07, 6.45) is 5.99. The van der Waals surface area contributed by atoms with Crippen molar-refractivity contribution in [3.63, 3.8) is 0 Å². The quantitative estimate of drug-likeness (QED) is 0.543. The van der Waals surface area contributed by atoms with Crippen LogP contribution in [0.5, 0.6) is 0 Å². The second kappa shape index (κ2) is 6.92. The van der Waals surface area contributed by atoms with E-state index in [0.29, 0.717) is 23.5 Å². The largest absolute Gasteiger partial charge is 0.424 e. The van der Waals surface area contributed by atoms with Gasteiger partial charge in [-0.15, -0.1) is 5.56 Å². The first kappa shape index (κ1) is 18.7. The summed E-state index contributed by atoms with van der Waals surface area (Å²) in [5.74, 6) is 2.21. The molecule has 4 rings (SSSR count). The fourth-order valence-corrected chi connectivity index (χ4v) is 5.94. The molecule has 0 N–H and O–H groups in total. The van der Waals surface area contributed by atoms with Crippen LogP contribution in [0.1, 0.15) is 61.6 Å². The summed E-state index contributed by atoms with van der Waals surface area (Å²) in [4.78, 5) is 12.3. The molecule has 2 fully saturated rings. The summed E-state index contributed by atoms with van der Waals surface area (Å²) in [5.41, 5.74) is 3.26. The maximum absolute atomic E-state index is 12.3. The monoisotopic (exact) mass is 419 g/mol. The molecule has 0 saturated heterocycles. The molecule has 5 heteroatoms. The molecule has 0 heterocycles. The number of carbonyl (C=O) groups is 1. The molecule has 3 aliphatic rings. The van der Waals surface area contributed by atoms with Gasteiger partial charge in [0.2, 0.25) is 0 Å². The second-order valence-electron chi connectivity index (χ2n) is 7.70. The summed E-state index contributed by atoms with van der Waals surface area (Å²) in [6.45, 7) is 2.19. The minimum Gasteiger partial charge on any atom is -0.424 e. The third-order valence-corrected chi connectivity index (χ3v) is 7.22. The van der Waals surface area contributed by atoms with E-state index in [2.05, 4.69) is 19.1 Å². The Hall–Kier alpha value is -0.0561. The van der Waals surface area contributed by atoms with Crippen molar-refractivity contribution in [2.45, 2.75) is 57.1 Å². The Bertz CT molecular complexity index is 734. The summed E-state index contributed by atoms with van der Waals surface area (Å²) < 4.78 is 21.8. The zero-order chi connectivity index (χ0) is 16.2. The van der Waals surface area contributed by atoms with E-state index in [1.165, 1.54) is 11.1 Å². The van der Waals surface area contributed by atoms with Crippen LogP contribution < -0.4 is 0 Å². The maximum Gasteiger partial charge on any atom is 0.139 e. The van der Waals surface area contributed by atoms with Crippen molar-refractivity contribution < 1.29 is 45.9 Å². The van der Waals surface area contributed by atoms with Gasteiger partial charge in [0, 0.05) is 44.5 Å². The molecule has 127 valence electrons. The van der Waals surface area contributed by atoms with Gasteiger partial charge >= 0.3 is 0 Å². The van der Waals surface area contributed by atoms with Crippen LogP contribution in [0, 0.1) is 23.3 Å². The summed E-state index contributed by atoms with van der Waals surface area (Å²) in [5, 5.41) is 0. The number of aryl methyl sites for hydroxylation is 1. The number of Topliss-reactive ketones (excluding diaryl/α,β-unsaturated/α-hetero) is 1. The Morgan fingerprint density at radius 2 is 2.00 bits per heavy atom. The van der Waals surface area contributed by atoms with Gasteiger partial charge in [-0.05, 0) is 31.1 Å². The molecule has 1 aromatic carbocycles. The minimum absolute atomic E-state index is 0. The zero-order valence-electron chi connectivity index (χ0n) is 14.0. The zero-order valence-corrected chi connectivity index (χ0v) is 17.7. The average molecular weight is 419 g/mol. The van der Waals surface area contributed by atoms with E-state index in [1.54, 1.807) is 0 Å². The van der Waals surface area contributed by atoms with Crippen molar-refractivity contribution in [1.29, 1.82) is 0 Å². The SMILES string of the molecule is CC12CCC3c4ccc(C[S-](=O)=O)[c-]c4CCC3C1CCC2=O.[Y]. The van der Waals surface area contributed by atoms with Crippen molar-refractivity contribution in [2.24, 2.45) is 17.3 Å². The van der Waals surface area contributed by atoms with Gasteiger partial charge in [0.25, 0.3) is 0 Å². The molecule has 4 atom stereocenters. The van der Waals surface area contributed by atoms with Crippen LogP contribution in [0.3, 0.4) is 0 Å². The summed E-state index contributed by atoms with van der Waals surface area (Å²) in [6, 6.07) is 7.40. The maximum atomic E-state index is 12.3. The molecule has 0 aromatic heterocycles. The molecule has 3 aliphatic carbocycles. The standard InChI is InChI=1S/C19H22O3S.Y/c1-19-9-8-15-14-4-2-12(11-23(21)22)10-13(14)3-5-16(15)17(19)6-7-18(19)20;/h2,4,15-17H,3,5-9,11H2,1H3;/q-2;. The van der Waals surface area contributed by atoms with E-state index < -0.39 is 10.7 Å². The van der Waals surface area contributed by atoms with Crippen molar-refractivity contribution >= 4 is 16.5 Å². The smallest absolute Gasteiger partial charge is 0.139 e. The summed E-state index contributed by atoms with van der Waals surface area (Å²) >= 11 is 0. The fraction of sp³-hybridized carbons (Fsp3) is 0.632. The normalized spacial score (nSPS) is 34.2. The molecule has 4 unspecified atom stereocenters. The van der Waals surface area contributed by atoms with Crippen LogP contribution >= 0.6 is 0 Å². The van der Waals surface area contributed by atoms with Gasteiger partial charge in [-0.2, -0.15) is 29.3 Å². The van der Waals surface area contributed by atoms with Crippen molar-refractivity contribution in [3.8, 4) is 0 Å². The second-order valence-corrected chi connectivity index (χ2v) is 8.60. The Morgan fingerprint density at radius 1 is 1.21 bits per heavy atom. The predicted molar refractivity (Wildman–Crippen MR) is 87.3 cm³/mol. The van der Waals surface area contributed by atoms with Crippen molar-refractivity contribution in [1.82, 2.24) is 0 Å². The van der Waals surface area contributed by atoms with E-state index in [0.717, 1.165) is 44.1 Å². The Balaban J connectivity index is 0.00000169. The first-order valence-electron chi connectivity index (χ1n) is 8.62. The molecular formula is C19H22O3SY-2. The molecule has 0 aliphatic heterocycles. The van der Waals surface area contributed by atoms with E-state index in [-0.39, 0.29) is 43.9 Å². The van der Waals surface area contributed by atoms with Gasteiger partial charge in [0.15, 0.2) is 0 Å². The number of rotatable bonds is 2. The first-order chi connectivity index (χ1) is 11.0. The van der Waals surface area contributed by atoms with Gasteiger partial charge < -0.3 is 8.42 Å². The number of carbonyl (C=O) groups excluding carboxylic acids is 1. The Morgan fingerprint density at radius 3 is 2.75 bits per heavy atom. The molecule has 1 radical (unpaired) electrons. The molecule has 24 heavy (non-hydrogen) atoms. The van der Waals surface area contributed by atoms with Crippen LogP contribution in [0.15, 0.2) is 12.1 Å². The third kappa shape index (κ3) is 2.97. The van der Waals surface area contributed by atoms with Crippen LogP contribution in [0.25, 0.3) is 0 Å². The number of benzene rings is 1. The number of hydrogen-bond donors (Lipinski definition) is 0. The van der Waals surface area contributed by atoms with Gasteiger partial charge in [0.1, 0.15) is 5.78 Å². The molecule has 0 spiro atoms.